The Labute approximate surface area is 161 Å². The van der Waals surface area contributed by atoms with Crippen LogP contribution >= 0.6 is 0 Å². The van der Waals surface area contributed by atoms with E-state index in [1.165, 1.54) is 11.1 Å². The zero-order valence-corrected chi connectivity index (χ0v) is 16.9. The molecule has 1 aliphatic carbocycles. The number of rotatable bonds is 4. The third kappa shape index (κ3) is 3.85. The van der Waals surface area contributed by atoms with E-state index in [2.05, 4.69) is 50.0 Å². The van der Waals surface area contributed by atoms with Crippen LogP contribution in [0.1, 0.15) is 89.7 Å². The van der Waals surface area contributed by atoms with Crippen molar-refractivity contribution >= 4 is 11.8 Å². The number of nitrogens with one attached hydrogen (secondary N) is 1. The molecule has 2 aromatic rings. The van der Waals surface area contributed by atoms with Crippen molar-refractivity contribution in [2.45, 2.75) is 65.2 Å². The molecule has 1 aromatic carbocycles. The lowest BCUT2D eigenvalue weighted by Gasteiger charge is -2.24. The number of hydrogen-bond acceptors (Lipinski definition) is 3. The predicted octanol–water partition coefficient (Wildman–Crippen LogP) is 5.10. The summed E-state index contributed by atoms with van der Waals surface area (Å²) in [4.78, 5) is 28.2. The zero-order chi connectivity index (χ0) is 19.8. The first kappa shape index (κ1) is 19.4. The third-order valence-corrected chi connectivity index (χ3v) is 5.38. The van der Waals surface area contributed by atoms with Gasteiger partial charge in [-0.25, -0.2) is 4.79 Å². The molecule has 0 aliphatic heterocycles. The van der Waals surface area contributed by atoms with Crippen molar-refractivity contribution in [1.29, 1.82) is 0 Å². The largest absolute Gasteiger partial charge is 0.461 e. The zero-order valence-electron chi connectivity index (χ0n) is 16.9. The molecule has 1 aromatic heterocycles. The number of aromatic nitrogens is 1. The molecule has 0 bridgehead atoms. The van der Waals surface area contributed by atoms with Crippen LogP contribution in [0.25, 0.3) is 0 Å². The second-order valence-corrected chi connectivity index (χ2v) is 8.51. The van der Waals surface area contributed by atoms with Crippen molar-refractivity contribution in [1.82, 2.24) is 4.98 Å². The Morgan fingerprint density at radius 2 is 1.85 bits per heavy atom. The highest BCUT2D eigenvalue weighted by Gasteiger charge is 2.32. The van der Waals surface area contributed by atoms with E-state index >= 15 is 0 Å². The van der Waals surface area contributed by atoms with Gasteiger partial charge in [-0.3, -0.25) is 4.79 Å². The molecule has 0 radical (unpaired) electrons. The second kappa shape index (κ2) is 7.34. The molecular formula is C23H29NO3. The van der Waals surface area contributed by atoms with E-state index in [0.717, 1.165) is 24.1 Å². The van der Waals surface area contributed by atoms with Crippen molar-refractivity contribution in [2.24, 2.45) is 0 Å². The number of carbonyl (C=O) groups excluding carboxylic acids is 2. The topological polar surface area (TPSA) is 59.2 Å². The minimum absolute atomic E-state index is 0.101. The van der Waals surface area contributed by atoms with E-state index < -0.39 is 0 Å². The summed E-state index contributed by atoms with van der Waals surface area (Å²) in [6.07, 6.45) is 1.98. The first-order chi connectivity index (χ1) is 12.7. The van der Waals surface area contributed by atoms with Gasteiger partial charge in [-0.2, -0.15) is 0 Å². The van der Waals surface area contributed by atoms with Gasteiger partial charge in [-0.05, 0) is 47.8 Å². The predicted molar refractivity (Wildman–Crippen MR) is 107 cm³/mol. The molecule has 4 heteroatoms. The highest BCUT2D eigenvalue weighted by Crippen LogP contribution is 2.36. The third-order valence-electron chi connectivity index (χ3n) is 5.38. The Balaban J connectivity index is 1.86. The molecule has 1 aliphatic rings. The summed E-state index contributed by atoms with van der Waals surface area (Å²) in [5.41, 5.74) is 5.25. The Morgan fingerprint density at radius 3 is 2.44 bits per heavy atom. The maximum Gasteiger partial charge on any atom is 0.355 e. The van der Waals surface area contributed by atoms with Crippen LogP contribution in [0, 0.1) is 6.92 Å². The number of aromatic amines is 1. The minimum atomic E-state index is -0.373. The molecule has 0 spiro atoms. The van der Waals surface area contributed by atoms with E-state index in [1.54, 1.807) is 0 Å². The lowest BCUT2D eigenvalue weighted by molar-refractivity contribution is 0.0498. The van der Waals surface area contributed by atoms with E-state index in [4.69, 9.17) is 4.74 Å². The van der Waals surface area contributed by atoms with Crippen LogP contribution in [0.3, 0.4) is 0 Å². The molecule has 4 nitrogen and oxygen atoms in total. The summed E-state index contributed by atoms with van der Waals surface area (Å²) >= 11 is 0. The fourth-order valence-corrected chi connectivity index (χ4v) is 3.80. The van der Waals surface area contributed by atoms with Gasteiger partial charge in [0.1, 0.15) is 5.69 Å². The lowest BCUT2D eigenvalue weighted by Crippen LogP contribution is -2.19. The molecular weight excluding hydrogens is 338 g/mol. The number of H-pyrrole nitrogens is 1. The van der Waals surface area contributed by atoms with Gasteiger partial charge in [0.15, 0.2) is 5.78 Å². The van der Waals surface area contributed by atoms with Crippen LogP contribution in [0.4, 0.5) is 0 Å². The molecule has 1 atom stereocenters. The average Bonchev–Trinajstić information content (AvgIpc) is 2.96. The lowest BCUT2D eigenvalue weighted by atomic mass is 9.80. The number of carbonyl (C=O) groups is 2. The number of hydrogen-bond donors (Lipinski definition) is 1. The quantitative estimate of drug-likeness (QED) is 0.765. The number of esters is 1. The van der Waals surface area contributed by atoms with Crippen LogP contribution in [-0.4, -0.2) is 23.3 Å². The first-order valence-electron chi connectivity index (χ1n) is 9.74. The van der Waals surface area contributed by atoms with Crippen LogP contribution in [0.2, 0.25) is 0 Å². The van der Waals surface area contributed by atoms with Crippen molar-refractivity contribution < 1.29 is 14.3 Å². The Morgan fingerprint density at radius 1 is 1.19 bits per heavy atom. The number of fused-ring (bicyclic) bond motifs is 1. The molecule has 0 amide bonds. The second-order valence-electron chi connectivity index (χ2n) is 8.51. The van der Waals surface area contributed by atoms with Crippen LogP contribution in [-0.2, 0) is 16.6 Å². The van der Waals surface area contributed by atoms with Crippen LogP contribution < -0.4 is 0 Å². The number of Topliss-reactive ketones (excluding diaryl/α,β-unsaturated/α-hetero) is 1. The standard InChI is InChI=1S/C23H29NO3/c1-6-11-27-22(26)21-14(2)20-18(24-21)12-16(13-19(20)25)15-7-9-17(10-8-15)23(3,4)5/h7-10,16,24H,6,11-13H2,1-5H3/t16-/m1/s1. The summed E-state index contributed by atoms with van der Waals surface area (Å²) in [6.45, 7) is 10.8. The van der Waals surface area contributed by atoms with Gasteiger partial charge in [-0.1, -0.05) is 52.0 Å². The fraction of sp³-hybridized carbons (Fsp3) is 0.478. The van der Waals surface area contributed by atoms with E-state index in [-0.39, 0.29) is 23.1 Å². The van der Waals surface area contributed by atoms with E-state index in [1.807, 2.05) is 13.8 Å². The molecule has 0 fully saturated rings. The highest BCUT2D eigenvalue weighted by atomic mass is 16.5. The van der Waals surface area contributed by atoms with Gasteiger partial charge >= 0.3 is 5.97 Å². The fourth-order valence-electron chi connectivity index (χ4n) is 3.80. The summed E-state index contributed by atoms with van der Waals surface area (Å²) in [6, 6.07) is 8.58. The molecule has 1 heterocycles. The Hall–Kier alpha value is -2.36. The average molecular weight is 367 g/mol. The highest BCUT2D eigenvalue weighted by molar-refractivity contribution is 6.03. The number of benzene rings is 1. The maximum atomic E-state index is 12.8. The summed E-state index contributed by atoms with van der Waals surface area (Å²) in [5.74, 6) is -0.136. The van der Waals surface area contributed by atoms with Crippen molar-refractivity contribution in [3.63, 3.8) is 0 Å². The smallest absolute Gasteiger partial charge is 0.355 e. The molecule has 3 rings (SSSR count). The van der Waals surface area contributed by atoms with Gasteiger partial charge in [0.2, 0.25) is 0 Å². The van der Waals surface area contributed by atoms with Crippen LogP contribution in [0.5, 0.6) is 0 Å². The van der Waals surface area contributed by atoms with Gasteiger partial charge in [0.25, 0.3) is 0 Å². The maximum absolute atomic E-state index is 12.8. The van der Waals surface area contributed by atoms with E-state index in [9.17, 15) is 9.59 Å². The summed E-state index contributed by atoms with van der Waals surface area (Å²) < 4.78 is 5.25. The molecule has 0 saturated heterocycles. The van der Waals surface area contributed by atoms with Gasteiger partial charge in [0, 0.05) is 17.7 Å². The Kier molecular flexibility index (Phi) is 5.27. The van der Waals surface area contributed by atoms with Crippen LogP contribution in [0.15, 0.2) is 24.3 Å². The Bertz CT molecular complexity index is 853. The van der Waals surface area contributed by atoms with E-state index in [0.29, 0.717) is 24.3 Å². The first-order valence-corrected chi connectivity index (χ1v) is 9.74. The van der Waals surface area contributed by atoms with Gasteiger partial charge in [-0.15, -0.1) is 0 Å². The van der Waals surface area contributed by atoms with Crippen molar-refractivity contribution in [3.8, 4) is 0 Å². The molecule has 0 saturated carbocycles. The van der Waals surface area contributed by atoms with Gasteiger partial charge < -0.3 is 9.72 Å². The molecule has 0 unspecified atom stereocenters. The summed E-state index contributed by atoms with van der Waals surface area (Å²) in [7, 11) is 0. The number of ether oxygens (including phenoxy) is 1. The summed E-state index contributed by atoms with van der Waals surface area (Å²) in [5, 5.41) is 0. The van der Waals surface area contributed by atoms with Gasteiger partial charge in [0.05, 0.1) is 6.61 Å². The number of ketones is 1. The molecule has 1 N–H and O–H groups in total. The normalized spacial score (nSPS) is 16.9. The van der Waals surface area contributed by atoms with Crippen molar-refractivity contribution in [2.75, 3.05) is 6.61 Å². The monoisotopic (exact) mass is 367 g/mol. The molecule has 144 valence electrons. The SMILES string of the molecule is CCCOC(=O)c1[nH]c2c(c1C)C(=O)C[C@H](c1ccc(C(C)(C)C)cc1)C2. The minimum Gasteiger partial charge on any atom is -0.461 e. The van der Waals surface area contributed by atoms with Crippen molar-refractivity contribution in [3.05, 3.63) is 57.9 Å². The molecule has 27 heavy (non-hydrogen) atoms.